The molecule has 0 aliphatic rings. The summed E-state index contributed by atoms with van der Waals surface area (Å²) in [5.41, 5.74) is 0. The Bertz CT molecular complexity index is 347. The van der Waals surface area contributed by atoms with Gasteiger partial charge < -0.3 is 4.90 Å². The van der Waals surface area contributed by atoms with Gasteiger partial charge in [-0.15, -0.1) is 0 Å². The summed E-state index contributed by atoms with van der Waals surface area (Å²) < 4.78 is 0.369. The summed E-state index contributed by atoms with van der Waals surface area (Å²) in [4.78, 5) is 15.7. The molecule has 0 fully saturated rings. The Morgan fingerprint density at radius 1 is 1.44 bits per heavy atom. The Morgan fingerprint density at radius 2 is 2.06 bits per heavy atom. The van der Waals surface area contributed by atoms with Crippen LogP contribution in [0, 0.1) is 0 Å². The van der Waals surface area contributed by atoms with Gasteiger partial charge in [-0.2, -0.15) is 4.98 Å². The summed E-state index contributed by atoms with van der Waals surface area (Å²) in [5.74, 6) is 0.424. The molecule has 90 valence electrons. The lowest BCUT2D eigenvalue weighted by Gasteiger charge is -2.20. The third-order valence-corrected chi connectivity index (χ3v) is 3.45. The Labute approximate surface area is 108 Å². The fraction of sp³-hybridized carbons (Fsp3) is 0.444. The average molecular weight is 283 g/mol. The topological polar surface area (TPSA) is 34.6 Å². The number of aromatic nitrogens is 1. The van der Waals surface area contributed by atoms with E-state index in [4.69, 9.17) is 33.0 Å². The largest absolute Gasteiger partial charge is 0.340 e. The quantitative estimate of drug-likeness (QED) is 0.454. The van der Waals surface area contributed by atoms with Crippen LogP contribution in [0.1, 0.15) is 13.8 Å². The van der Waals surface area contributed by atoms with E-state index in [9.17, 15) is 0 Å². The van der Waals surface area contributed by atoms with Crippen molar-refractivity contribution in [3.8, 4) is 5.19 Å². The molecule has 0 aliphatic heterocycles. The van der Waals surface area contributed by atoms with Crippen molar-refractivity contribution in [1.29, 1.82) is 0 Å². The van der Waals surface area contributed by atoms with Gasteiger partial charge in [0.25, 0.3) is 0 Å². The molecule has 0 spiro atoms. The Morgan fingerprint density at radius 3 is 2.50 bits per heavy atom. The van der Waals surface area contributed by atoms with E-state index in [1.54, 1.807) is 0 Å². The van der Waals surface area contributed by atoms with Gasteiger partial charge in [0.1, 0.15) is 4.34 Å². The minimum absolute atomic E-state index is 0.207. The molecule has 16 heavy (non-hydrogen) atoms. The summed E-state index contributed by atoms with van der Waals surface area (Å²) in [7, 11) is 0. The smallest absolute Gasteiger partial charge is 0.329 e. The van der Waals surface area contributed by atoms with E-state index in [0.717, 1.165) is 24.4 Å². The predicted molar refractivity (Wildman–Crippen MR) is 65.9 cm³/mol. The van der Waals surface area contributed by atoms with Crippen molar-refractivity contribution < 1.29 is 9.78 Å². The number of thiazole rings is 1. The van der Waals surface area contributed by atoms with Crippen LogP contribution in [0.4, 0.5) is 0 Å². The number of hydrogen-bond acceptors (Lipinski definition) is 5. The third-order valence-electron chi connectivity index (χ3n) is 1.85. The number of halogens is 2. The maximum atomic E-state index is 5.72. The van der Waals surface area contributed by atoms with Gasteiger partial charge in [-0.1, -0.05) is 34.5 Å². The molecule has 4 nitrogen and oxygen atoms in total. The van der Waals surface area contributed by atoms with Gasteiger partial charge in [-0.25, -0.2) is 0 Å². The molecule has 0 aromatic carbocycles. The fourth-order valence-corrected chi connectivity index (χ4v) is 1.99. The molecule has 1 heterocycles. The van der Waals surface area contributed by atoms with E-state index in [1.807, 2.05) is 18.7 Å². The van der Waals surface area contributed by atoms with E-state index < -0.39 is 0 Å². The second-order valence-electron chi connectivity index (χ2n) is 2.78. The van der Waals surface area contributed by atoms with Gasteiger partial charge in [0.2, 0.25) is 5.88 Å². The monoisotopic (exact) mass is 282 g/mol. The molecule has 0 unspecified atom stereocenters. The van der Waals surface area contributed by atoms with Crippen molar-refractivity contribution in [1.82, 2.24) is 9.88 Å². The van der Waals surface area contributed by atoms with Crippen molar-refractivity contribution in [3.63, 3.8) is 0 Å². The highest BCUT2D eigenvalue weighted by Crippen LogP contribution is 2.33. The van der Waals surface area contributed by atoms with Crippen molar-refractivity contribution in [3.05, 3.63) is 22.0 Å². The van der Waals surface area contributed by atoms with Crippen LogP contribution in [0.3, 0.4) is 0 Å². The van der Waals surface area contributed by atoms with Crippen molar-refractivity contribution in [2.75, 3.05) is 13.1 Å². The van der Waals surface area contributed by atoms with Crippen LogP contribution < -0.4 is 4.89 Å². The average Bonchev–Trinajstić information content (AvgIpc) is 2.57. The minimum atomic E-state index is 0.207. The van der Waals surface area contributed by atoms with Gasteiger partial charge >= 0.3 is 5.19 Å². The molecule has 0 bridgehead atoms. The second kappa shape index (κ2) is 6.18. The van der Waals surface area contributed by atoms with E-state index >= 15 is 0 Å². The first-order chi connectivity index (χ1) is 7.58. The van der Waals surface area contributed by atoms with Gasteiger partial charge in [-0.05, 0) is 20.4 Å². The first-order valence-corrected chi connectivity index (χ1v) is 6.25. The molecule has 1 rings (SSSR count). The highest BCUT2D eigenvalue weighted by atomic mass is 35.5. The normalized spacial score (nSPS) is 10.0. The Kier molecular flexibility index (Phi) is 5.18. The van der Waals surface area contributed by atoms with Crippen molar-refractivity contribution in [2.24, 2.45) is 0 Å². The molecular formula is C9H12Cl2N2O2S. The highest BCUT2D eigenvalue weighted by Gasteiger charge is 2.11. The zero-order valence-electron chi connectivity index (χ0n) is 9.00. The first kappa shape index (κ1) is 13.4. The standard InChI is InChI=1S/C9H12Cl2N2O2S/c1-4-13(5-2)6(3)14-15-9-12-7(10)8(11)16-9/h3-5H2,1-2H3. The van der Waals surface area contributed by atoms with Gasteiger partial charge in [0, 0.05) is 13.1 Å². The molecule has 0 saturated heterocycles. The lowest BCUT2D eigenvalue weighted by Crippen LogP contribution is -2.23. The lowest BCUT2D eigenvalue weighted by molar-refractivity contribution is -0.188. The molecule has 0 amide bonds. The third kappa shape index (κ3) is 3.43. The number of hydrogen-bond donors (Lipinski definition) is 0. The van der Waals surface area contributed by atoms with E-state index in [-0.39, 0.29) is 10.3 Å². The predicted octanol–water partition coefficient (Wildman–Crippen LogP) is 3.57. The van der Waals surface area contributed by atoms with Crippen LogP contribution in [-0.4, -0.2) is 23.0 Å². The maximum absolute atomic E-state index is 5.72. The van der Waals surface area contributed by atoms with E-state index in [2.05, 4.69) is 11.6 Å². The highest BCUT2D eigenvalue weighted by molar-refractivity contribution is 7.18. The number of nitrogens with zero attached hydrogens (tertiary/aromatic N) is 2. The zero-order chi connectivity index (χ0) is 12.1. The molecule has 1 aromatic rings. The summed E-state index contributed by atoms with van der Waals surface area (Å²) in [5, 5.41) is 0.460. The Hall–Kier alpha value is -0.650. The number of rotatable bonds is 6. The Balaban J connectivity index is 2.48. The van der Waals surface area contributed by atoms with Crippen molar-refractivity contribution in [2.45, 2.75) is 13.8 Å². The minimum Gasteiger partial charge on any atom is -0.340 e. The summed E-state index contributed by atoms with van der Waals surface area (Å²) in [6.45, 7) is 9.30. The SMILES string of the molecule is C=C(OOc1nc(Cl)c(Cl)s1)N(CC)CC. The van der Waals surface area contributed by atoms with Crippen LogP contribution in [0.2, 0.25) is 9.49 Å². The zero-order valence-corrected chi connectivity index (χ0v) is 11.3. The first-order valence-electron chi connectivity index (χ1n) is 4.68. The maximum Gasteiger partial charge on any atom is 0.329 e. The molecule has 0 radical (unpaired) electrons. The molecule has 7 heteroatoms. The van der Waals surface area contributed by atoms with Crippen LogP contribution in [-0.2, 0) is 4.89 Å². The van der Waals surface area contributed by atoms with Gasteiger partial charge in [-0.3, -0.25) is 9.78 Å². The van der Waals surface area contributed by atoms with Crippen LogP contribution in [0.5, 0.6) is 5.19 Å². The molecule has 1 aromatic heterocycles. The van der Waals surface area contributed by atoms with Crippen LogP contribution in [0.25, 0.3) is 0 Å². The summed E-state index contributed by atoms with van der Waals surface area (Å²) in [6, 6.07) is 0. The van der Waals surface area contributed by atoms with E-state index in [1.165, 1.54) is 0 Å². The lowest BCUT2D eigenvalue weighted by atomic mass is 10.5. The summed E-state index contributed by atoms with van der Waals surface area (Å²) in [6.07, 6.45) is 0. The summed E-state index contributed by atoms with van der Waals surface area (Å²) >= 11 is 12.5. The molecule has 0 saturated carbocycles. The molecule has 0 N–H and O–H groups in total. The molecule has 0 aliphatic carbocycles. The van der Waals surface area contributed by atoms with E-state index in [0.29, 0.717) is 10.2 Å². The van der Waals surface area contributed by atoms with Crippen LogP contribution in [0.15, 0.2) is 12.5 Å². The van der Waals surface area contributed by atoms with Gasteiger partial charge in [0.15, 0.2) is 5.15 Å². The molecule has 0 atom stereocenters. The van der Waals surface area contributed by atoms with Gasteiger partial charge in [0.05, 0.1) is 0 Å². The fourth-order valence-electron chi connectivity index (χ4n) is 1.01. The van der Waals surface area contributed by atoms with Crippen LogP contribution >= 0.6 is 34.5 Å². The second-order valence-corrected chi connectivity index (χ2v) is 4.70. The van der Waals surface area contributed by atoms with Crippen molar-refractivity contribution >= 4 is 34.5 Å². The molecular weight excluding hydrogens is 271 g/mol.